The van der Waals surface area contributed by atoms with Crippen molar-refractivity contribution in [3.05, 3.63) is 66.6 Å². The second-order valence-electron chi connectivity index (χ2n) is 7.28. The molecule has 4 aromatic rings. The van der Waals surface area contributed by atoms with E-state index in [0.717, 1.165) is 11.3 Å². The van der Waals surface area contributed by atoms with Crippen molar-refractivity contribution in [1.29, 1.82) is 0 Å². The molecule has 0 saturated heterocycles. The smallest absolute Gasteiger partial charge is 0.243 e. The average molecular weight is 484 g/mol. The molecule has 8 nitrogen and oxygen atoms in total. The first-order chi connectivity index (χ1) is 15.9. The van der Waals surface area contributed by atoms with Crippen molar-refractivity contribution in [3.63, 3.8) is 0 Å². The fourth-order valence-electron chi connectivity index (χ4n) is 3.43. The van der Waals surface area contributed by atoms with Gasteiger partial charge in [-0.25, -0.2) is 13.4 Å². The highest BCUT2D eigenvalue weighted by Crippen LogP contribution is 2.28. The molecule has 0 unspecified atom stereocenters. The lowest BCUT2D eigenvalue weighted by atomic mass is 10.2. The number of hydrogen-bond donors (Lipinski definition) is 0. The third kappa shape index (κ3) is 4.87. The van der Waals surface area contributed by atoms with Crippen LogP contribution in [0.25, 0.3) is 22.8 Å². The molecule has 2 aromatic carbocycles. The van der Waals surface area contributed by atoms with Crippen LogP contribution in [-0.2, 0) is 22.8 Å². The van der Waals surface area contributed by atoms with Crippen molar-refractivity contribution in [2.45, 2.75) is 29.7 Å². The summed E-state index contributed by atoms with van der Waals surface area (Å²) >= 11 is 1.49. The van der Waals surface area contributed by atoms with Gasteiger partial charge < -0.3 is 8.98 Å². The number of benzene rings is 2. The minimum absolute atomic E-state index is 0.247. The van der Waals surface area contributed by atoms with Gasteiger partial charge in [0.15, 0.2) is 11.0 Å². The standard InChI is InChI=1S/C23H25N5O3S2/c1-4-28(5-2)33(29,30)20-13-9-12-18(14-20)21-25-26-23(27(21)3)32-16-19-15-31-22(24-19)17-10-7-6-8-11-17/h6-15H,4-5,16H2,1-3H3. The summed E-state index contributed by atoms with van der Waals surface area (Å²) in [5, 5.41) is 9.29. The Bertz CT molecular complexity index is 1330. The van der Waals surface area contributed by atoms with Crippen molar-refractivity contribution in [2.24, 2.45) is 7.05 Å². The van der Waals surface area contributed by atoms with Crippen molar-refractivity contribution < 1.29 is 12.8 Å². The van der Waals surface area contributed by atoms with Crippen molar-refractivity contribution in [1.82, 2.24) is 24.1 Å². The van der Waals surface area contributed by atoms with E-state index in [9.17, 15) is 8.42 Å². The lowest BCUT2D eigenvalue weighted by Crippen LogP contribution is -2.30. The molecule has 0 saturated carbocycles. The Morgan fingerprint density at radius 2 is 1.73 bits per heavy atom. The van der Waals surface area contributed by atoms with E-state index < -0.39 is 10.0 Å². The van der Waals surface area contributed by atoms with Gasteiger partial charge in [-0.1, -0.05) is 55.9 Å². The molecule has 0 aliphatic rings. The summed E-state index contributed by atoms with van der Waals surface area (Å²) in [4.78, 5) is 4.79. The molecule has 0 fully saturated rings. The molecule has 0 radical (unpaired) electrons. The van der Waals surface area contributed by atoms with E-state index in [1.165, 1.54) is 16.1 Å². The van der Waals surface area contributed by atoms with Gasteiger partial charge in [0.1, 0.15) is 6.26 Å². The summed E-state index contributed by atoms with van der Waals surface area (Å²) in [5.74, 6) is 1.74. The number of oxazole rings is 1. The summed E-state index contributed by atoms with van der Waals surface area (Å²) < 4.78 is 34.7. The predicted molar refractivity (Wildman–Crippen MR) is 128 cm³/mol. The van der Waals surface area contributed by atoms with Crippen LogP contribution in [0.5, 0.6) is 0 Å². The Balaban J connectivity index is 1.51. The first kappa shape index (κ1) is 23.2. The van der Waals surface area contributed by atoms with Crippen LogP contribution in [0.1, 0.15) is 19.5 Å². The van der Waals surface area contributed by atoms with E-state index in [1.807, 2.05) is 61.9 Å². The van der Waals surface area contributed by atoms with Crippen LogP contribution >= 0.6 is 11.8 Å². The van der Waals surface area contributed by atoms with Crippen molar-refractivity contribution >= 4 is 21.8 Å². The van der Waals surface area contributed by atoms with E-state index in [0.29, 0.717) is 41.3 Å². The number of hydrogen-bond acceptors (Lipinski definition) is 7. The predicted octanol–water partition coefficient (Wildman–Crippen LogP) is 4.46. The molecule has 172 valence electrons. The quantitative estimate of drug-likeness (QED) is 0.324. The minimum atomic E-state index is -3.55. The summed E-state index contributed by atoms with van der Waals surface area (Å²) in [6.07, 6.45) is 1.65. The monoisotopic (exact) mass is 483 g/mol. The topological polar surface area (TPSA) is 94.1 Å². The third-order valence-electron chi connectivity index (χ3n) is 5.19. The van der Waals surface area contributed by atoms with Gasteiger partial charge in [0, 0.05) is 37.0 Å². The van der Waals surface area contributed by atoms with Crippen LogP contribution in [0.15, 0.2) is 75.3 Å². The normalized spacial score (nSPS) is 11.9. The molecule has 2 heterocycles. The molecule has 0 spiro atoms. The molecule has 0 aliphatic heterocycles. The van der Waals surface area contributed by atoms with Crippen LogP contribution in [-0.4, -0.2) is 45.6 Å². The van der Waals surface area contributed by atoms with Gasteiger partial charge in [0.25, 0.3) is 0 Å². The molecule has 0 N–H and O–H groups in total. The summed E-state index contributed by atoms with van der Waals surface area (Å²) in [5.41, 5.74) is 2.42. The molecule has 2 aromatic heterocycles. The van der Waals surface area contributed by atoms with Gasteiger partial charge in [-0.15, -0.1) is 10.2 Å². The molecule has 33 heavy (non-hydrogen) atoms. The van der Waals surface area contributed by atoms with E-state index in [-0.39, 0.29) is 4.90 Å². The number of thioether (sulfide) groups is 1. The van der Waals surface area contributed by atoms with Crippen molar-refractivity contribution in [3.8, 4) is 22.8 Å². The second kappa shape index (κ2) is 9.90. The number of rotatable bonds is 9. The number of aromatic nitrogens is 4. The second-order valence-corrected chi connectivity index (χ2v) is 10.2. The number of nitrogens with zero attached hydrogens (tertiary/aromatic N) is 5. The first-order valence-electron chi connectivity index (χ1n) is 10.6. The van der Waals surface area contributed by atoms with Gasteiger partial charge in [-0.2, -0.15) is 4.31 Å². The Kier molecular flexibility index (Phi) is 6.96. The van der Waals surface area contributed by atoms with Crippen LogP contribution in [0.4, 0.5) is 0 Å². The highest BCUT2D eigenvalue weighted by atomic mass is 32.2. The lowest BCUT2D eigenvalue weighted by molar-refractivity contribution is 0.445. The lowest BCUT2D eigenvalue weighted by Gasteiger charge is -2.18. The van der Waals surface area contributed by atoms with E-state index in [1.54, 1.807) is 24.5 Å². The molecule has 0 aliphatic carbocycles. The molecule has 0 atom stereocenters. The zero-order chi connectivity index (χ0) is 23.4. The maximum atomic E-state index is 12.9. The van der Waals surface area contributed by atoms with E-state index >= 15 is 0 Å². The Morgan fingerprint density at radius 1 is 1.00 bits per heavy atom. The maximum Gasteiger partial charge on any atom is 0.243 e. The van der Waals surface area contributed by atoms with Crippen LogP contribution in [0, 0.1) is 0 Å². The molecule has 0 amide bonds. The van der Waals surface area contributed by atoms with Gasteiger partial charge in [0.2, 0.25) is 15.9 Å². The molecule has 0 bridgehead atoms. The highest BCUT2D eigenvalue weighted by Gasteiger charge is 2.23. The number of sulfonamides is 1. The van der Waals surface area contributed by atoms with Gasteiger partial charge >= 0.3 is 0 Å². The molecular formula is C23H25N5O3S2. The van der Waals surface area contributed by atoms with Gasteiger partial charge in [-0.05, 0) is 24.3 Å². The van der Waals surface area contributed by atoms with Crippen molar-refractivity contribution in [2.75, 3.05) is 13.1 Å². The highest BCUT2D eigenvalue weighted by molar-refractivity contribution is 7.98. The average Bonchev–Trinajstić information content (AvgIpc) is 3.46. The van der Waals surface area contributed by atoms with E-state index in [2.05, 4.69) is 15.2 Å². The molecule has 4 rings (SSSR count). The first-order valence-corrected chi connectivity index (χ1v) is 13.0. The molecule has 10 heteroatoms. The summed E-state index contributed by atoms with van der Waals surface area (Å²) in [7, 11) is -1.69. The molecular weight excluding hydrogens is 458 g/mol. The zero-order valence-electron chi connectivity index (χ0n) is 18.7. The summed E-state index contributed by atoms with van der Waals surface area (Å²) in [6.45, 7) is 4.49. The SMILES string of the molecule is CCN(CC)S(=O)(=O)c1cccc(-c2nnc(SCc3coc(-c4ccccc4)n3)n2C)c1. The maximum absolute atomic E-state index is 12.9. The summed E-state index contributed by atoms with van der Waals surface area (Å²) in [6, 6.07) is 16.6. The van der Waals surface area contributed by atoms with Gasteiger partial charge in [0.05, 0.1) is 10.6 Å². The van der Waals surface area contributed by atoms with Crippen LogP contribution < -0.4 is 0 Å². The minimum Gasteiger partial charge on any atom is -0.444 e. The van der Waals surface area contributed by atoms with Crippen LogP contribution in [0.3, 0.4) is 0 Å². The van der Waals surface area contributed by atoms with Crippen LogP contribution in [0.2, 0.25) is 0 Å². The third-order valence-corrected chi connectivity index (χ3v) is 8.29. The Hall–Kier alpha value is -2.95. The zero-order valence-corrected chi connectivity index (χ0v) is 20.3. The fraction of sp³-hybridized carbons (Fsp3) is 0.261. The Labute approximate surface area is 197 Å². The largest absolute Gasteiger partial charge is 0.444 e. The van der Waals surface area contributed by atoms with E-state index in [4.69, 9.17) is 4.42 Å². The fourth-order valence-corrected chi connectivity index (χ4v) is 5.72. The Morgan fingerprint density at radius 3 is 2.45 bits per heavy atom. The van der Waals surface area contributed by atoms with Gasteiger partial charge in [-0.3, -0.25) is 0 Å².